The molecule has 23 heavy (non-hydrogen) atoms. The fourth-order valence-electron chi connectivity index (χ4n) is 3.08. The lowest BCUT2D eigenvalue weighted by Gasteiger charge is -2.16. The van der Waals surface area contributed by atoms with Gasteiger partial charge >= 0.3 is 6.03 Å². The van der Waals surface area contributed by atoms with E-state index >= 15 is 0 Å². The predicted molar refractivity (Wildman–Crippen MR) is 94.0 cm³/mol. The summed E-state index contributed by atoms with van der Waals surface area (Å²) in [5, 5.41) is 12.3. The van der Waals surface area contributed by atoms with Crippen LogP contribution in [0.2, 0.25) is 0 Å². The summed E-state index contributed by atoms with van der Waals surface area (Å²) >= 11 is 1.88. The van der Waals surface area contributed by atoms with Crippen LogP contribution in [0.1, 0.15) is 19.3 Å². The van der Waals surface area contributed by atoms with Crippen LogP contribution in [0.25, 0.3) is 0 Å². The molecule has 2 saturated heterocycles. The number of hydrogen-bond donors (Lipinski definition) is 4. The zero-order valence-corrected chi connectivity index (χ0v) is 13.9. The zero-order chi connectivity index (χ0) is 16.2. The topological polar surface area (TPSA) is 82.3 Å². The van der Waals surface area contributed by atoms with Gasteiger partial charge in [-0.2, -0.15) is 11.8 Å². The van der Waals surface area contributed by atoms with Gasteiger partial charge in [0.05, 0.1) is 12.1 Å². The Morgan fingerprint density at radius 2 is 2.17 bits per heavy atom. The van der Waals surface area contributed by atoms with Gasteiger partial charge in [-0.05, 0) is 31.0 Å². The monoisotopic (exact) mass is 334 g/mol. The van der Waals surface area contributed by atoms with Crippen LogP contribution in [-0.4, -0.2) is 42.1 Å². The van der Waals surface area contributed by atoms with Crippen molar-refractivity contribution in [2.45, 2.75) is 36.6 Å². The van der Waals surface area contributed by atoms with Crippen LogP contribution < -0.4 is 21.3 Å². The Bertz CT molecular complexity index is 595. The van der Waals surface area contributed by atoms with Crippen LogP contribution in [0.4, 0.5) is 16.2 Å². The number of hydrogen-bond acceptors (Lipinski definition) is 4. The molecular formula is C16H22N4O2S. The molecule has 3 atom stereocenters. The summed E-state index contributed by atoms with van der Waals surface area (Å²) in [6.45, 7) is 0. The second kappa shape index (κ2) is 7.12. The minimum Gasteiger partial charge on any atom is -0.388 e. The molecule has 3 amide bonds. The highest BCUT2D eigenvalue weighted by Crippen LogP contribution is 2.33. The Morgan fingerprint density at radius 3 is 3.00 bits per heavy atom. The maximum atomic E-state index is 12.0. The Labute approximate surface area is 140 Å². The zero-order valence-electron chi connectivity index (χ0n) is 13.1. The highest BCUT2D eigenvalue weighted by atomic mass is 32.2. The fraction of sp³-hybridized carbons (Fsp3) is 0.500. The number of urea groups is 1. The standard InChI is InChI=1S/C16H22N4O2S/c1-17-10-4-2-5-11(8-10)18-14(21)7-3-6-13-15-12(9-23-13)19-16(22)20-15/h2,4-5,8,12-13,15,17H,3,6-7,9H2,1H3,(H,18,21)(H2,19,20,22)/t12-,13-,15-/m1/s1. The summed E-state index contributed by atoms with van der Waals surface area (Å²) in [6.07, 6.45) is 2.27. The minimum atomic E-state index is -0.0625. The Hall–Kier alpha value is -1.89. The van der Waals surface area contributed by atoms with Gasteiger partial charge in [-0.3, -0.25) is 4.79 Å². The predicted octanol–water partition coefficient (Wildman–Crippen LogP) is 2.00. The van der Waals surface area contributed by atoms with Gasteiger partial charge < -0.3 is 21.3 Å². The fourth-order valence-corrected chi connectivity index (χ4v) is 4.63. The number of benzene rings is 1. The van der Waals surface area contributed by atoms with E-state index in [1.165, 1.54) is 0 Å². The van der Waals surface area contributed by atoms with Crippen molar-refractivity contribution in [3.8, 4) is 0 Å². The average molecular weight is 334 g/mol. The van der Waals surface area contributed by atoms with E-state index in [2.05, 4.69) is 21.3 Å². The maximum Gasteiger partial charge on any atom is 0.315 e. The first-order chi connectivity index (χ1) is 11.2. The molecule has 0 radical (unpaired) electrons. The normalized spacial score (nSPS) is 25.4. The minimum absolute atomic E-state index is 0.0337. The molecule has 2 heterocycles. The lowest BCUT2D eigenvalue weighted by Crippen LogP contribution is -2.36. The van der Waals surface area contributed by atoms with E-state index in [1.54, 1.807) is 0 Å². The third kappa shape index (κ3) is 3.90. The van der Waals surface area contributed by atoms with Crippen LogP contribution >= 0.6 is 11.8 Å². The third-order valence-corrected chi connectivity index (χ3v) is 5.77. The van der Waals surface area contributed by atoms with Crippen LogP contribution in [0.3, 0.4) is 0 Å². The van der Waals surface area contributed by atoms with Gasteiger partial charge in [0.25, 0.3) is 0 Å². The van der Waals surface area contributed by atoms with Crippen molar-refractivity contribution in [2.75, 3.05) is 23.4 Å². The van der Waals surface area contributed by atoms with Gasteiger partial charge in [0.15, 0.2) is 0 Å². The number of anilines is 2. The Kier molecular flexibility index (Phi) is 4.95. The SMILES string of the molecule is CNc1cccc(NC(=O)CCC[C@H]2SC[C@H]3NC(=O)N[C@H]32)c1. The molecule has 1 aromatic carbocycles. The smallest absolute Gasteiger partial charge is 0.315 e. The van der Waals surface area contributed by atoms with Crippen LogP contribution in [-0.2, 0) is 4.79 Å². The number of carbonyl (C=O) groups is 2. The molecule has 2 fully saturated rings. The van der Waals surface area contributed by atoms with E-state index in [4.69, 9.17) is 0 Å². The molecule has 4 N–H and O–H groups in total. The summed E-state index contributed by atoms with van der Waals surface area (Å²) in [5.41, 5.74) is 1.78. The van der Waals surface area contributed by atoms with Gasteiger partial charge in [-0.15, -0.1) is 0 Å². The quantitative estimate of drug-likeness (QED) is 0.600. The molecule has 6 nitrogen and oxygen atoms in total. The van der Waals surface area contributed by atoms with Gasteiger partial charge in [0.2, 0.25) is 5.91 Å². The number of rotatable bonds is 6. The lowest BCUT2D eigenvalue weighted by atomic mass is 10.0. The molecule has 0 unspecified atom stereocenters. The van der Waals surface area contributed by atoms with Crippen molar-refractivity contribution in [1.82, 2.24) is 10.6 Å². The largest absolute Gasteiger partial charge is 0.388 e. The van der Waals surface area contributed by atoms with E-state index < -0.39 is 0 Å². The lowest BCUT2D eigenvalue weighted by molar-refractivity contribution is -0.116. The van der Waals surface area contributed by atoms with Crippen molar-refractivity contribution in [2.24, 2.45) is 0 Å². The summed E-state index contributed by atoms with van der Waals surface area (Å²) in [7, 11) is 1.85. The van der Waals surface area contributed by atoms with E-state index in [-0.39, 0.29) is 24.0 Å². The molecule has 2 aliphatic heterocycles. The van der Waals surface area contributed by atoms with E-state index in [9.17, 15) is 9.59 Å². The second-order valence-electron chi connectivity index (χ2n) is 5.89. The Balaban J connectivity index is 1.42. The van der Waals surface area contributed by atoms with Gasteiger partial charge in [-0.1, -0.05) is 6.07 Å². The first-order valence-electron chi connectivity index (χ1n) is 7.92. The van der Waals surface area contributed by atoms with E-state index in [1.807, 2.05) is 43.1 Å². The molecule has 0 saturated carbocycles. The first kappa shape index (κ1) is 16.0. The Morgan fingerprint density at radius 1 is 1.35 bits per heavy atom. The highest BCUT2D eigenvalue weighted by Gasteiger charge is 2.42. The van der Waals surface area contributed by atoms with Crippen molar-refractivity contribution >= 4 is 35.1 Å². The molecule has 124 valence electrons. The summed E-state index contributed by atoms with van der Waals surface area (Å²) in [4.78, 5) is 23.4. The van der Waals surface area contributed by atoms with Crippen LogP contribution in [0, 0.1) is 0 Å². The van der Waals surface area contributed by atoms with E-state index in [0.717, 1.165) is 30.0 Å². The molecular weight excluding hydrogens is 312 g/mol. The van der Waals surface area contributed by atoms with Gasteiger partial charge in [0, 0.05) is 35.8 Å². The molecule has 0 aliphatic carbocycles. The van der Waals surface area contributed by atoms with Crippen molar-refractivity contribution in [1.29, 1.82) is 0 Å². The van der Waals surface area contributed by atoms with Crippen molar-refractivity contribution in [3.63, 3.8) is 0 Å². The van der Waals surface area contributed by atoms with Crippen molar-refractivity contribution in [3.05, 3.63) is 24.3 Å². The number of fused-ring (bicyclic) bond motifs is 1. The third-order valence-electron chi connectivity index (χ3n) is 4.27. The molecule has 0 aromatic heterocycles. The molecule has 0 bridgehead atoms. The molecule has 3 rings (SSSR count). The summed E-state index contributed by atoms with van der Waals surface area (Å²) in [5.74, 6) is 0.989. The van der Waals surface area contributed by atoms with E-state index in [0.29, 0.717) is 11.7 Å². The molecule has 7 heteroatoms. The molecule has 0 spiro atoms. The number of carbonyl (C=O) groups excluding carboxylic acids is 2. The first-order valence-corrected chi connectivity index (χ1v) is 8.97. The van der Waals surface area contributed by atoms with Crippen LogP contribution in [0.5, 0.6) is 0 Å². The highest BCUT2D eigenvalue weighted by molar-refractivity contribution is 8.00. The molecule has 1 aromatic rings. The summed E-state index contributed by atoms with van der Waals surface area (Å²) < 4.78 is 0. The maximum absolute atomic E-state index is 12.0. The summed E-state index contributed by atoms with van der Waals surface area (Å²) in [6, 6.07) is 8.05. The molecule has 2 aliphatic rings. The van der Waals surface area contributed by atoms with Crippen LogP contribution in [0.15, 0.2) is 24.3 Å². The number of nitrogens with one attached hydrogen (secondary N) is 4. The number of thioether (sulfide) groups is 1. The van der Waals surface area contributed by atoms with Crippen molar-refractivity contribution < 1.29 is 9.59 Å². The van der Waals surface area contributed by atoms with Gasteiger partial charge in [-0.25, -0.2) is 4.79 Å². The number of amides is 3. The average Bonchev–Trinajstić information content (AvgIpc) is 3.07. The second-order valence-corrected chi connectivity index (χ2v) is 7.17. The van der Waals surface area contributed by atoms with Gasteiger partial charge in [0.1, 0.15) is 0 Å².